The zero-order valence-corrected chi connectivity index (χ0v) is 16.4. The van der Waals surface area contributed by atoms with Gasteiger partial charge in [-0.05, 0) is 30.7 Å². The van der Waals surface area contributed by atoms with Crippen molar-refractivity contribution in [1.29, 1.82) is 0 Å². The van der Waals surface area contributed by atoms with Crippen molar-refractivity contribution >= 4 is 29.2 Å². The molecule has 1 amide bonds. The van der Waals surface area contributed by atoms with Crippen molar-refractivity contribution in [1.82, 2.24) is 4.90 Å². The first-order valence-corrected chi connectivity index (χ1v) is 9.54. The van der Waals surface area contributed by atoms with E-state index in [1.165, 1.54) is 0 Å². The summed E-state index contributed by atoms with van der Waals surface area (Å²) < 4.78 is 5.41. The van der Waals surface area contributed by atoms with Gasteiger partial charge in [-0.3, -0.25) is 4.79 Å². The van der Waals surface area contributed by atoms with Crippen molar-refractivity contribution in [3.8, 4) is 5.75 Å². The highest BCUT2D eigenvalue weighted by Crippen LogP contribution is 2.33. The fraction of sp³-hybridized carbons (Fsp3) is 0.333. The average molecular weight is 403 g/mol. The highest BCUT2D eigenvalue weighted by atomic mass is 35.5. The largest absolute Gasteiger partial charge is 0.480 e. The maximum Gasteiger partial charge on any atom is 0.341 e. The van der Waals surface area contributed by atoms with E-state index in [0.29, 0.717) is 36.8 Å². The molecule has 0 spiro atoms. The van der Waals surface area contributed by atoms with E-state index in [1.807, 2.05) is 42.2 Å². The number of anilines is 1. The minimum Gasteiger partial charge on any atom is -0.480 e. The van der Waals surface area contributed by atoms with E-state index in [-0.39, 0.29) is 11.9 Å². The number of carbonyl (C=O) groups excluding carboxylic acids is 1. The van der Waals surface area contributed by atoms with Crippen LogP contribution in [0.15, 0.2) is 48.5 Å². The van der Waals surface area contributed by atoms with E-state index < -0.39 is 12.6 Å². The monoisotopic (exact) mass is 402 g/mol. The van der Waals surface area contributed by atoms with Gasteiger partial charge < -0.3 is 19.6 Å². The lowest BCUT2D eigenvalue weighted by Gasteiger charge is -2.41. The molecule has 28 heavy (non-hydrogen) atoms. The molecule has 1 heterocycles. The van der Waals surface area contributed by atoms with Crippen molar-refractivity contribution in [3.05, 3.63) is 59.1 Å². The molecule has 0 aromatic heterocycles. The molecular formula is C21H23ClN2O4. The van der Waals surface area contributed by atoms with Gasteiger partial charge in [0.25, 0.3) is 0 Å². The molecular weight excluding hydrogens is 380 g/mol. The summed E-state index contributed by atoms with van der Waals surface area (Å²) in [6.45, 7) is 3.41. The summed E-state index contributed by atoms with van der Waals surface area (Å²) in [5.41, 5.74) is 1.75. The van der Waals surface area contributed by atoms with Gasteiger partial charge in [0.1, 0.15) is 5.75 Å². The van der Waals surface area contributed by atoms with Gasteiger partial charge in [0.2, 0.25) is 5.91 Å². The number of hydrogen-bond acceptors (Lipinski definition) is 4. The lowest BCUT2D eigenvalue weighted by Crippen LogP contribution is -2.54. The van der Waals surface area contributed by atoms with Crippen LogP contribution < -0.4 is 9.64 Å². The van der Waals surface area contributed by atoms with Gasteiger partial charge in [-0.1, -0.05) is 41.9 Å². The molecule has 1 aliphatic rings. The van der Waals surface area contributed by atoms with Gasteiger partial charge in [0, 0.05) is 30.7 Å². The Morgan fingerprint density at radius 3 is 2.61 bits per heavy atom. The molecule has 2 aromatic rings. The Morgan fingerprint density at radius 2 is 1.93 bits per heavy atom. The molecule has 1 N–H and O–H groups in total. The lowest BCUT2D eigenvalue weighted by molar-refractivity contribution is -0.139. The third kappa shape index (κ3) is 4.95. The Morgan fingerprint density at radius 1 is 1.18 bits per heavy atom. The van der Waals surface area contributed by atoms with Gasteiger partial charge in [-0.15, -0.1) is 0 Å². The van der Waals surface area contributed by atoms with Crippen molar-refractivity contribution in [2.75, 3.05) is 31.1 Å². The van der Waals surface area contributed by atoms with Gasteiger partial charge in [0.05, 0.1) is 12.1 Å². The Kier molecular flexibility index (Phi) is 6.41. The van der Waals surface area contributed by atoms with Crippen molar-refractivity contribution in [3.63, 3.8) is 0 Å². The van der Waals surface area contributed by atoms with E-state index in [0.717, 1.165) is 11.3 Å². The standard InChI is InChI=1S/C21H23ClN2O4/c1-15-13-23(18-12-17(22)7-8-19(18)28-14-21(26)27)9-10-24(15)20(25)11-16-5-3-2-4-6-16/h2-8,12,15H,9-11,13-14H2,1H3,(H,26,27). The van der Waals surface area contributed by atoms with Crippen molar-refractivity contribution in [2.45, 2.75) is 19.4 Å². The predicted molar refractivity (Wildman–Crippen MR) is 108 cm³/mol. The highest BCUT2D eigenvalue weighted by Gasteiger charge is 2.29. The summed E-state index contributed by atoms with van der Waals surface area (Å²) in [4.78, 5) is 27.5. The lowest BCUT2D eigenvalue weighted by atomic mass is 10.1. The minimum atomic E-state index is -1.04. The van der Waals surface area contributed by atoms with E-state index in [1.54, 1.807) is 18.2 Å². The number of hydrogen-bond donors (Lipinski definition) is 1. The second-order valence-corrected chi connectivity index (χ2v) is 7.28. The molecule has 0 bridgehead atoms. The molecule has 1 saturated heterocycles. The maximum atomic E-state index is 12.7. The topological polar surface area (TPSA) is 70.1 Å². The van der Waals surface area contributed by atoms with Gasteiger partial charge in [0.15, 0.2) is 6.61 Å². The molecule has 1 atom stereocenters. The summed E-state index contributed by atoms with van der Waals surface area (Å²) in [5.74, 6) is -0.458. The maximum absolute atomic E-state index is 12.7. The minimum absolute atomic E-state index is 0.0104. The molecule has 6 nitrogen and oxygen atoms in total. The first-order valence-electron chi connectivity index (χ1n) is 9.16. The molecule has 0 saturated carbocycles. The molecule has 3 rings (SSSR count). The van der Waals surface area contributed by atoms with E-state index >= 15 is 0 Å². The number of amides is 1. The zero-order valence-electron chi connectivity index (χ0n) is 15.7. The number of nitrogens with zero attached hydrogens (tertiary/aromatic N) is 2. The normalized spacial score (nSPS) is 16.7. The third-order valence-electron chi connectivity index (χ3n) is 4.76. The van der Waals surface area contributed by atoms with Crippen LogP contribution in [0.25, 0.3) is 0 Å². The van der Waals surface area contributed by atoms with Crippen LogP contribution in [0.3, 0.4) is 0 Å². The fourth-order valence-electron chi connectivity index (χ4n) is 3.42. The average Bonchev–Trinajstić information content (AvgIpc) is 2.67. The van der Waals surface area contributed by atoms with Crippen LogP contribution in [0, 0.1) is 0 Å². The summed E-state index contributed by atoms with van der Waals surface area (Å²) >= 11 is 6.14. The van der Waals surface area contributed by atoms with Crippen LogP contribution in [-0.4, -0.2) is 54.2 Å². The van der Waals surface area contributed by atoms with Crippen LogP contribution in [0.1, 0.15) is 12.5 Å². The second kappa shape index (κ2) is 8.97. The number of ether oxygens (including phenoxy) is 1. The van der Waals surface area contributed by atoms with Crippen molar-refractivity contribution < 1.29 is 19.4 Å². The van der Waals surface area contributed by atoms with Crippen LogP contribution in [0.5, 0.6) is 5.75 Å². The SMILES string of the molecule is CC1CN(c2cc(Cl)ccc2OCC(=O)O)CCN1C(=O)Cc1ccccc1. The first-order chi connectivity index (χ1) is 13.4. The molecule has 148 valence electrons. The van der Waals surface area contributed by atoms with E-state index in [9.17, 15) is 9.59 Å². The summed E-state index contributed by atoms with van der Waals surface area (Å²) in [7, 11) is 0. The molecule has 1 aliphatic heterocycles. The molecule has 2 aromatic carbocycles. The number of carboxylic acid groups (broad SMARTS) is 1. The molecule has 7 heteroatoms. The summed E-state index contributed by atoms with van der Waals surface area (Å²) in [6.07, 6.45) is 0.384. The molecule has 1 unspecified atom stereocenters. The number of piperazine rings is 1. The summed E-state index contributed by atoms with van der Waals surface area (Å²) in [5, 5.41) is 9.43. The van der Waals surface area contributed by atoms with E-state index in [2.05, 4.69) is 4.90 Å². The number of carboxylic acids is 1. The zero-order chi connectivity index (χ0) is 20.1. The smallest absolute Gasteiger partial charge is 0.341 e. The predicted octanol–water partition coefficient (Wildman–Crippen LogP) is 3.08. The van der Waals surface area contributed by atoms with Gasteiger partial charge in [-0.25, -0.2) is 4.79 Å². The van der Waals surface area contributed by atoms with Gasteiger partial charge >= 0.3 is 5.97 Å². The Labute approximate surface area is 169 Å². The molecule has 0 radical (unpaired) electrons. The van der Waals surface area contributed by atoms with Crippen LogP contribution >= 0.6 is 11.6 Å². The van der Waals surface area contributed by atoms with Crippen LogP contribution in [0.4, 0.5) is 5.69 Å². The second-order valence-electron chi connectivity index (χ2n) is 6.84. The quantitative estimate of drug-likeness (QED) is 0.804. The third-order valence-corrected chi connectivity index (χ3v) is 4.99. The highest BCUT2D eigenvalue weighted by molar-refractivity contribution is 6.30. The Hall–Kier alpha value is -2.73. The molecule has 1 fully saturated rings. The number of halogens is 1. The van der Waals surface area contributed by atoms with Crippen LogP contribution in [0.2, 0.25) is 5.02 Å². The van der Waals surface area contributed by atoms with E-state index in [4.69, 9.17) is 21.4 Å². The molecule has 0 aliphatic carbocycles. The van der Waals surface area contributed by atoms with Crippen LogP contribution in [-0.2, 0) is 16.0 Å². The summed E-state index contributed by atoms with van der Waals surface area (Å²) in [6, 6.07) is 14.8. The van der Waals surface area contributed by atoms with Gasteiger partial charge in [-0.2, -0.15) is 0 Å². The van der Waals surface area contributed by atoms with Crippen molar-refractivity contribution in [2.24, 2.45) is 0 Å². The fourth-order valence-corrected chi connectivity index (χ4v) is 3.58. The number of benzene rings is 2. The number of rotatable bonds is 6. The number of aliphatic carboxylic acids is 1. The first kappa shape index (κ1) is 20.0. The Bertz CT molecular complexity index is 844. The number of carbonyl (C=O) groups is 2. The Balaban J connectivity index is 1.69.